The van der Waals surface area contributed by atoms with Crippen LogP contribution in [-0.2, 0) is 25.9 Å². The average Bonchev–Trinajstić information content (AvgIpc) is 2.65. The number of carbonyl (C=O) groups excluding carboxylic acids is 2. The number of rotatable bonds is 7. The minimum Gasteiger partial charge on any atom is -0.452 e. The van der Waals surface area contributed by atoms with Crippen molar-refractivity contribution >= 4 is 39.0 Å². The van der Waals surface area contributed by atoms with E-state index in [1.165, 1.54) is 17.0 Å². The molecule has 0 spiro atoms. The molecule has 0 bridgehead atoms. The summed E-state index contributed by atoms with van der Waals surface area (Å²) in [5.41, 5.74) is 1.99. The Balaban J connectivity index is 1.96. The molecule has 2 aromatic carbocycles. The quantitative estimate of drug-likeness (QED) is 0.618. The second-order valence-electron chi connectivity index (χ2n) is 6.80. The molecular weight excluding hydrogens is 416 g/mol. The molecule has 0 aliphatic carbocycles. The molecule has 156 valence electrons. The summed E-state index contributed by atoms with van der Waals surface area (Å²) >= 11 is 5.86. The number of esters is 1. The smallest absolute Gasteiger partial charge is 0.338 e. The monoisotopic (exact) mass is 438 g/mol. The Labute approximate surface area is 175 Å². The van der Waals surface area contributed by atoms with Gasteiger partial charge in [-0.3, -0.25) is 4.79 Å². The van der Waals surface area contributed by atoms with Gasteiger partial charge in [0.25, 0.3) is 5.91 Å². The van der Waals surface area contributed by atoms with E-state index in [2.05, 4.69) is 0 Å². The fraction of sp³-hybridized carbons (Fsp3) is 0.300. The Morgan fingerprint density at radius 2 is 1.66 bits per heavy atom. The normalized spacial score (nSPS) is 11.1. The van der Waals surface area contributed by atoms with Crippen LogP contribution in [0.1, 0.15) is 15.9 Å². The molecule has 0 unspecified atom stereocenters. The lowest BCUT2D eigenvalue weighted by Crippen LogP contribution is -2.30. The van der Waals surface area contributed by atoms with Gasteiger partial charge in [0, 0.05) is 39.6 Å². The highest BCUT2D eigenvalue weighted by Crippen LogP contribution is 2.23. The number of halogens is 1. The maximum absolute atomic E-state index is 12.3. The van der Waals surface area contributed by atoms with E-state index in [0.29, 0.717) is 6.54 Å². The summed E-state index contributed by atoms with van der Waals surface area (Å²) in [6, 6.07) is 11.5. The van der Waals surface area contributed by atoms with Gasteiger partial charge in [0.15, 0.2) is 16.4 Å². The molecule has 0 radical (unpaired) electrons. The van der Waals surface area contributed by atoms with Gasteiger partial charge in [-0.25, -0.2) is 13.2 Å². The van der Waals surface area contributed by atoms with Crippen molar-refractivity contribution in [1.29, 1.82) is 0 Å². The molecule has 0 aromatic heterocycles. The molecule has 0 aliphatic rings. The van der Waals surface area contributed by atoms with E-state index in [1.807, 2.05) is 43.3 Å². The summed E-state index contributed by atoms with van der Waals surface area (Å²) in [6.45, 7) is -0.0921. The van der Waals surface area contributed by atoms with Crippen molar-refractivity contribution in [3.8, 4) is 0 Å². The third kappa shape index (κ3) is 6.20. The molecule has 2 rings (SSSR count). The standard InChI is InChI=1S/C20H23ClN2O5S/c1-22(2)16-8-5-14(6-9-16)12-23(3)19(24)13-28-20(25)15-7-10-17(21)18(11-15)29(4,26)27/h5-11H,12-13H2,1-4H3. The minimum absolute atomic E-state index is 0.00422. The predicted octanol–water partition coefficient (Wildman–Crippen LogP) is 2.62. The summed E-state index contributed by atoms with van der Waals surface area (Å²) in [4.78, 5) is 27.7. The molecule has 0 aliphatic heterocycles. The van der Waals surface area contributed by atoms with E-state index in [9.17, 15) is 18.0 Å². The van der Waals surface area contributed by atoms with Gasteiger partial charge >= 0.3 is 5.97 Å². The number of hydrogen-bond donors (Lipinski definition) is 0. The first-order valence-corrected chi connectivity index (χ1v) is 10.9. The van der Waals surface area contributed by atoms with E-state index in [4.69, 9.17) is 16.3 Å². The fourth-order valence-electron chi connectivity index (χ4n) is 2.50. The largest absolute Gasteiger partial charge is 0.452 e. The Kier molecular flexibility index (Phi) is 7.26. The number of hydrogen-bond acceptors (Lipinski definition) is 6. The number of likely N-dealkylation sites (N-methyl/N-ethyl adjacent to an activating group) is 1. The lowest BCUT2D eigenvalue weighted by Gasteiger charge is -2.18. The van der Waals surface area contributed by atoms with Crippen LogP contribution in [-0.4, -0.2) is 59.2 Å². The van der Waals surface area contributed by atoms with Crippen molar-refractivity contribution < 1.29 is 22.7 Å². The van der Waals surface area contributed by atoms with E-state index in [1.54, 1.807) is 7.05 Å². The summed E-state index contributed by atoms with van der Waals surface area (Å²) in [7, 11) is 1.90. The second kappa shape index (κ2) is 9.28. The summed E-state index contributed by atoms with van der Waals surface area (Å²) in [5.74, 6) is -1.18. The highest BCUT2D eigenvalue weighted by atomic mass is 35.5. The Bertz CT molecular complexity index is 1000. The highest BCUT2D eigenvalue weighted by Gasteiger charge is 2.18. The third-order valence-electron chi connectivity index (χ3n) is 4.19. The second-order valence-corrected chi connectivity index (χ2v) is 9.20. The van der Waals surface area contributed by atoms with Crippen molar-refractivity contribution in [2.24, 2.45) is 0 Å². The number of ether oxygens (including phenoxy) is 1. The van der Waals surface area contributed by atoms with Gasteiger partial charge in [0.2, 0.25) is 0 Å². The van der Waals surface area contributed by atoms with Crippen LogP contribution in [0.4, 0.5) is 5.69 Å². The SMILES string of the molecule is CN(Cc1ccc(N(C)C)cc1)C(=O)COC(=O)c1ccc(Cl)c(S(C)(=O)=O)c1. The molecule has 0 heterocycles. The Hall–Kier alpha value is -2.58. The number of amides is 1. The van der Waals surface area contributed by atoms with Crippen molar-refractivity contribution in [3.05, 3.63) is 58.6 Å². The predicted molar refractivity (Wildman–Crippen MR) is 112 cm³/mol. The van der Waals surface area contributed by atoms with Crippen molar-refractivity contribution in [1.82, 2.24) is 4.90 Å². The van der Waals surface area contributed by atoms with Crippen LogP contribution in [0.3, 0.4) is 0 Å². The van der Waals surface area contributed by atoms with Crippen molar-refractivity contribution in [2.45, 2.75) is 11.4 Å². The number of anilines is 1. The van der Waals surface area contributed by atoms with E-state index < -0.39 is 22.4 Å². The molecule has 0 atom stereocenters. The molecule has 9 heteroatoms. The lowest BCUT2D eigenvalue weighted by atomic mass is 10.2. The topological polar surface area (TPSA) is 84.0 Å². The van der Waals surface area contributed by atoms with Crippen molar-refractivity contribution in [3.63, 3.8) is 0 Å². The van der Waals surface area contributed by atoms with E-state index in [0.717, 1.165) is 23.6 Å². The minimum atomic E-state index is -3.60. The van der Waals surface area contributed by atoms with Gasteiger partial charge in [-0.05, 0) is 35.9 Å². The first kappa shape index (κ1) is 22.7. The zero-order chi connectivity index (χ0) is 21.8. The molecule has 7 nitrogen and oxygen atoms in total. The van der Waals surface area contributed by atoms with Gasteiger partial charge in [-0.2, -0.15) is 0 Å². The Morgan fingerprint density at radius 3 is 2.21 bits per heavy atom. The molecule has 0 fully saturated rings. The maximum Gasteiger partial charge on any atom is 0.338 e. The van der Waals surface area contributed by atoms with Crippen LogP contribution >= 0.6 is 11.6 Å². The summed E-state index contributed by atoms with van der Waals surface area (Å²) < 4.78 is 28.5. The molecule has 0 saturated carbocycles. The molecular formula is C20H23ClN2O5S. The molecule has 2 aromatic rings. The lowest BCUT2D eigenvalue weighted by molar-refractivity contribution is -0.133. The van der Waals surface area contributed by atoms with Gasteiger partial charge in [0.05, 0.1) is 15.5 Å². The number of benzene rings is 2. The van der Waals surface area contributed by atoms with Crippen molar-refractivity contribution in [2.75, 3.05) is 38.9 Å². The van der Waals surface area contributed by atoms with E-state index in [-0.39, 0.29) is 21.4 Å². The van der Waals surface area contributed by atoms with Crippen LogP contribution in [0.15, 0.2) is 47.4 Å². The molecule has 1 amide bonds. The zero-order valence-electron chi connectivity index (χ0n) is 16.7. The van der Waals surface area contributed by atoms with Crippen LogP contribution in [0.25, 0.3) is 0 Å². The molecule has 29 heavy (non-hydrogen) atoms. The van der Waals surface area contributed by atoms with Crippen LogP contribution < -0.4 is 4.90 Å². The average molecular weight is 439 g/mol. The maximum atomic E-state index is 12.3. The van der Waals surface area contributed by atoms with Crippen LogP contribution in [0, 0.1) is 0 Å². The van der Waals surface area contributed by atoms with Crippen LogP contribution in [0.2, 0.25) is 5.02 Å². The van der Waals surface area contributed by atoms with Gasteiger partial charge < -0.3 is 14.5 Å². The highest BCUT2D eigenvalue weighted by molar-refractivity contribution is 7.90. The summed E-state index contributed by atoms with van der Waals surface area (Å²) in [6.07, 6.45) is 0.993. The first-order chi connectivity index (χ1) is 13.5. The first-order valence-electron chi connectivity index (χ1n) is 8.66. The number of sulfone groups is 1. The molecule has 0 saturated heterocycles. The number of nitrogens with zero attached hydrogens (tertiary/aromatic N) is 2. The number of carbonyl (C=O) groups is 2. The Morgan fingerprint density at radius 1 is 1.03 bits per heavy atom. The van der Waals surface area contributed by atoms with Crippen LogP contribution in [0.5, 0.6) is 0 Å². The molecule has 0 N–H and O–H groups in total. The fourth-order valence-corrected chi connectivity index (χ4v) is 3.80. The third-order valence-corrected chi connectivity index (χ3v) is 5.77. The van der Waals surface area contributed by atoms with Gasteiger partial charge in [0.1, 0.15) is 0 Å². The van der Waals surface area contributed by atoms with Gasteiger partial charge in [-0.15, -0.1) is 0 Å². The summed E-state index contributed by atoms with van der Waals surface area (Å²) in [5, 5.41) is 0.0140. The zero-order valence-corrected chi connectivity index (χ0v) is 18.2. The van der Waals surface area contributed by atoms with Gasteiger partial charge in [-0.1, -0.05) is 23.7 Å². The van der Waals surface area contributed by atoms with E-state index >= 15 is 0 Å².